The van der Waals surface area contributed by atoms with E-state index in [0.29, 0.717) is 11.3 Å². The van der Waals surface area contributed by atoms with Crippen LogP contribution in [0.4, 0.5) is 0 Å². The first-order chi connectivity index (χ1) is 8.93. The molecule has 1 aliphatic heterocycles. The highest BCUT2D eigenvalue weighted by Gasteiger charge is 2.52. The molecule has 0 atom stereocenters. The van der Waals surface area contributed by atoms with Crippen molar-refractivity contribution < 1.29 is 4.79 Å². The zero-order valence-corrected chi connectivity index (χ0v) is 12.0. The lowest BCUT2D eigenvalue weighted by molar-refractivity contribution is -0.146. The largest absolute Gasteiger partial charge is 0.339 e. The van der Waals surface area contributed by atoms with Crippen molar-refractivity contribution in [2.45, 2.75) is 57.4 Å². The maximum atomic E-state index is 12.5. The molecule has 4 bridgehead atoms. The predicted molar refractivity (Wildman–Crippen MR) is 74.4 cm³/mol. The van der Waals surface area contributed by atoms with Gasteiger partial charge < -0.3 is 10.6 Å². The van der Waals surface area contributed by atoms with Crippen LogP contribution in [0.3, 0.4) is 0 Å². The molecule has 3 heteroatoms. The van der Waals surface area contributed by atoms with Crippen molar-refractivity contribution in [1.29, 1.82) is 0 Å². The second kappa shape index (κ2) is 3.75. The van der Waals surface area contributed by atoms with Gasteiger partial charge in [-0.2, -0.15) is 0 Å². The van der Waals surface area contributed by atoms with E-state index >= 15 is 0 Å². The van der Waals surface area contributed by atoms with Gasteiger partial charge in [-0.15, -0.1) is 0 Å². The normalized spacial score (nSPS) is 46.2. The Balaban J connectivity index is 1.44. The molecule has 3 nitrogen and oxygen atoms in total. The van der Waals surface area contributed by atoms with Gasteiger partial charge in [0.15, 0.2) is 0 Å². The zero-order chi connectivity index (χ0) is 13.3. The minimum Gasteiger partial charge on any atom is -0.339 e. The van der Waals surface area contributed by atoms with E-state index in [9.17, 15) is 4.79 Å². The highest BCUT2D eigenvalue weighted by atomic mass is 16.2. The van der Waals surface area contributed by atoms with E-state index < -0.39 is 0 Å². The fourth-order valence-corrected chi connectivity index (χ4v) is 5.94. The van der Waals surface area contributed by atoms with Gasteiger partial charge in [-0.1, -0.05) is 0 Å². The number of amides is 1. The van der Waals surface area contributed by atoms with Crippen molar-refractivity contribution in [3.8, 4) is 0 Å². The summed E-state index contributed by atoms with van der Waals surface area (Å²) in [5.41, 5.74) is 6.27. The van der Waals surface area contributed by atoms with Gasteiger partial charge in [0.2, 0.25) is 5.91 Å². The van der Waals surface area contributed by atoms with Crippen molar-refractivity contribution in [2.24, 2.45) is 28.9 Å². The average molecular weight is 262 g/mol. The fourth-order valence-electron chi connectivity index (χ4n) is 5.94. The van der Waals surface area contributed by atoms with Crippen molar-refractivity contribution >= 4 is 5.91 Å². The summed E-state index contributed by atoms with van der Waals surface area (Å²) in [6.45, 7) is 3.57. The highest BCUT2D eigenvalue weighted by molar-refractivity contribution is 5.78. The van der Waals surface area contributed by atoms with Crippen LogP contribution in [0, 0.1) is 23.2 Å². The predicted octanol–water partition coefficient (Wildman–Crippen LogP) is 2.15. The Morgan fingerprint density at radius 2 is 1.58 bits per heavy atom. The molecule has 0 spiro atoms. The van der Waals surface area contributed by atoms with E-state index in [0.717, 1.165) is 37.3 Å². The van der Waals surface area contributed by atoms with Crippen molar-refractivity contribution in [1.82, 2.24) is 4.90 Å². The van der Waals surface area contributed by atoms with E-state index in [1.54, 1.807) is 0 Å². The number of hydrogen-bond acceptors (Lipinski definition) is 2. The second-order valence-electron chi connectivity index (χ2n) is 8.50. The summed E-state index contributed by atoms with van der Waals surface area (Å²) in [7, 11) is 0. The smallest absolute Gasteiger partial charge is 0.223 e. The molecule has 4 aliphatic carbocycles. The molecule has 0 aromatic heterocycles. The first-order valence-electron chi connectivity index (χ1n) is 8.00. The molecule has 2 N–H and O–H groups in total. The molecular formula is C16H26N2O. The quantitative estimate of drug-likeness (QED) is 0.829. The van der Waals surface area contributed by atoms with E-state index in [1.165, 1.54) is 38.5 Å². The Kier molecular flexibility index (Phi) is 2.41. The number of likely N-dealkylation sites (tertiary alicyclic amines) is 1. The molecule has 5 rings (SSSR count). The lowest BCUT2D eigenvalue weighted by Gasteiger charge is -2.57. The Morgan fingerprint density at radius 3 is 2.00 bits per heavy atom. The summed E-state index contributed by atoms with van der Waals surface area (Å²) in [5, 5.41) is 0. The van der Waals surface area contributed by atoms with Crippen LogP contribution in [0.15, 0.2) is 0 Å². The fraction of sp³-hybridized carbons (Fsp3) is 0.938. The maximum absolute atomic E-state index is 12.5. The monoisotopic (exact) mass is 262 g/mol. The third kappa shape index (κ3) is 2.01. The molecule has 5 aliphatic rings. The molecule has 0 aromatic carbocycles. The van der Waals surface area contributed by atoms with E-state index in [-0.39, 0.29) is 5.54 Å². The Morgan fingerprint density at radius 1 is 1.11 bits per heavy atom. The van der Waals surface area contributed by atoms with Crippen LogP contribution < -0.4 is 5.73 Å². The number of nitrogens with two attached hydrogens (primary N) is 1. The van der Waals surface area contributed by atoms with Crippen molar-refractivity contribution in [2.75, 3.05) is 13.1 Å². The lowest BCUT2D eigenvalue weighted by atomic mass is 9.49. The van der Waals surface area contributed by atoms with Crippen LogP contribution in [0.2, 0.25) is 0 Å². The SMILES string of the molecule is CC1(N)CN(C(=O)CC23CC4CC(CC(C4)C2)C3)C1. The van der Waals surface area contributed by atoms with Gasteiger partial charge in [0, 0.05) is 25.0 Å². The van der Waals surface area contributed by atoms with Gasteiger partial charge in [0.25, 0.3) is 0 Å². The minimum atomic E-state index is -0.128. The molecule has 0 aromatic rings. The summed E-state index contributed by atoms with van der Waals surface area (Å²) in [4.78, 5) is 14.5. The second-order valence-corrected chi connectivity index (χ2v) is 8.50. The first kappa shape index (κ1) is 12.2. The zero-order valence-electron chi connectivity index (χ0n) is 12.0. The Bertz CT molecular complexity index is 372. The first-order valence-corrected chi connectivity index (χ1v) is 8.00. The summed E-state index contributed by atoms with van der Waals surface area (Å²) in [6, 6.07) is 0. The van der Waals surface area contributed by atoms with Crippen molar-refractivity contribution in [3.05, 3.63) is 0 Å². The number of carbonyl (C=O) groups is 1. The van der Waals surface area contributed by atoms with Crippen LogP contribution in [0.1, 0.15) is 51.9 Å². The summed E-state index contributed by atoms with van der Waals surface area (Å²) in [6.07, 6.45) is 9.18. The van der Waals surface area contributed by atoms with Gasteiger partial charge in [0.1, 0.15) is 0 Å². The van der Waals surface area contributed by atoms with Crippen LogP contribution in [0.25, 0.3) is 0 Å². The molecule has 4 saturated carbocycles. The Hall–Kier alpha value is -0.570. The van der Waals surface area contributed by atoms with E-state index in [1.807, 2.05) is 11.8 Å². The Labute approximate surface area is 115 Å². The molecule has 5 fully saturated rings. The van der Waals surface area contributed by atoms with Crippen LogP contribution in [-0.4, -0.2) is 29.4 Å². The van der Waals surface area contributed by atoms with Gasteiger partial charge in [0.05, 0.1) is 0 Å². The van der Waals surface area contributed by atoms with Gasteiger partial charge in [-0.25, -0.2) is 0 Å². The molecule has 1 amide bonds. The molecule has 0 radical (unpaired) electrons. The number of hydrogen-bond donors (Lipinski definition) is 1. The summed E-state index contributed by atoms with van der Waals surface area (Å²) >= 11 is 0. The minimum absolute atomic E-state index is 0.128. The average Bonchev–Trinajstić information content (AvgIpc) is 2.22. The van der Waals surface area contributed by atoms with Crippen molar-refractivity contribution in [3.63, 3.8) is 0 Å². The maximum Gasteiger partial charge on any atom is 0.223 e. The molecule has 106 valence electrons. The highest BCUT2D eigenvalue weighted by Crippen LogP contribution is 2.61. The number of rotatable bonds is 2. The summed E-state index contributed by atoms with van der Waals surface area (Å²) < 4.78 is 0. The van der Waals surface area contributed by atoms with Gasteiger partial charge in [-0.05, 0) is 68.6 Å². The van der Waals surface area contributed by atoms with Crippen LogP contribution >= 0.6 is 0 Å². The topological polar surface area (TPSA) is 46.3 Å². The number of carbonyl (C=O) groups excluding carboxylic acids is 1. The van der Waals surface area contributed by atoms with Gasteiger partial charge >= 0.3 is 0 Å². The molecular weight excluding hydrogens is 236 g/mol. The lowest BCUT2D eigenvalue weighted by Crippen LogP contribution is -2.67. The third-order valence-electron chi connectivity index (χ3n) is 6.15. The van der Waals surface area contributed by atoms with Crippen LogP contribution in [-0.2, 0) is 4.79 Å². The summed E-state index contributed by atoms with van der Waals surface area (Å²) in [5.74, 6) is 3.20. The molecule has 19 heavy (non-hydrogen) atoms. The standard InChI is InChI=1S/C16H26N2O/c1-15(17)9-18(10-15)14(19)8-16-5-11-2-12(6-16)4-13(3-11)7-16/h11-13H,2-10,17H2,1H3. The van der Waals surface area contributed by atoms with E-state index in [2.05, 4.69) is 0 Å². The van der Waals surface area contributed by atoms with Crippen LogP contribution in [0.5, 0.6) is 0 Å². The molecule has 0 unspecified atom stereocenters. The van der Waals surface area contributed by atoms with Gasteiger partial charge in [-0.3, -0.25) is 4.79 Å². The van der Waals surface area contributed by atoms with E-state index in [4.69, 9.17) is 5.73 Å². The molecule has 1 saturated heterocycles. The molecule has 1 heterocycles. The third-order valence-corrected chi connectivity index (χ3v) is 6.15. The number of nitrogens with zero attached hydrogens (tertiary/aromatic N) is 1.